The highest BCUT2D eigenvalue weighted by Gasteiger charge is 2.25. The van der Waals surface area contributed by atoms with E-state index >= 15 is 0 Å². The Morgan fingerprint density at radius 2 is 2.05 bits per heavy atom. The summed E-state index contributed by atoms with van der Waals surface area (Å²) < 4.78 is 0. The molecule has 0 bridgehead atoms. The Balaban J connectivity index is 1.80. The van der Waals surface area contributed by atoms with Crippen LogP contribution >= 0.6 is 0 Å². The summed E-state index contributed by atoms with van der Waals surface area (Å²) in [4.78, 5) is 27.6. The van der Waals surface area contributed by atoms with Crippen LogP contribution in [-0.2, 0) is 9.59 Å². The fraction of sp³-hybridized carbons (Fsp3) is 0.857. The average Bonchev–Trinajstić information content (AvgIpc) is 2.67. The largest absolute Gasteiger partial charge is 0.352 e. The number of nitrogens with zero attached hydrogens (tertiary/aromatic N) is 2. The molecule has 0 saturated carbocycles. The Bertz CT molecular complexity index is 340. The number of carbonyl (C=O) groups excluding carboxylic acids is 2. The Morgan fingerprint density at radius 3 is 2.85 bits per heavy atom. The molecule has 2 N–H and O–H groups in total. The van der Waals surface area contributed by atoms with Gasteiger partial charge in [-0.2, -0.15) is 0 Å². The van der Waals surface area contributed by atoms with E-state index in [2.05, 4.69) is 15.5 Å². The van der Waals surface area contributed by atoms with Crippen molar-refractivity contribution >= 4 is 11.8 Å². The van der Waals surface area contributed by atoms with Crippen LogP contribution in [0.15, 0.2) is 0 Å². The van der Waals surface area contributed by atoms with Crippen molar-refractivity contribution in [3.63, 3.8) is 0 Å². The summed E-state index contributed by atoms with van der Waals surface area (Å²) in [6.07, 6.45) is 3.04. The molecule has 2 amide bonds. The number of hydrogen-bond acceptors (Lipinski definition) is 4. The van der Waals surface area contributed by atoms with E-state index in [0.717, 1.165) is 52.0 Å². The predicted octanol–water partition coefficient (Wildman–Crippen LogP) is -0.591. The van der Waals surface area contributed by atoms with E-state index in [1.165, 1.54) is 6.92 Å². The minimum Gasteiger partial charge on any atom is -0.352 e. The van der Waals surface area contributed by atoms with Gasteiger partial charge in [0.25, 0.3) is 0 Å². The molecule has 1 atom stereocenters. The lowest BCUT2D eigenvalue weighted by Gasteiger charge is -2.34. The van der Waals surface area contributed by atoms with Gasteiger partial charge in [-0.15, -0.1) is 0 Å². The number of amides is 2. The van der Waals surface area contributed by atoms with Crippen molar-refractivity contribution in [3.05, 3.63) is 0 Å². The van der Waals surface area contributed by atoms with Gasteiger partial charge in [-0.3, -0.25) is 14.5 Å². The van der Waals surface area contributed by atoms with Crippen LogP contribution in [0.1, 0.15) is 26.2 Å². The van der Waals surface area contributed by atoms with Crippen LogP contribution in [0.25, 0.3) is 0 Å². The number of piperidine rings is 1. The summed E-state index contributed by atoms with van der Waals surface area (Å²) in [5.41, 5.74) is 0. The monoisotopic (exact) mass is 282 g/mol. The molecule has 0 radical (unpaired) electrons. The molecule has 6 nitrogen and oxygen atoms in total. The van der Waals surface area contributed by atoms with Gasteiger partial charge in [0.15, 0.2) is 0 Å². The average molecular weight is 282 g/mol. The fourth-order valence-electron chi connectivity index (χ4n) is 2.96. The number of carbonyl (C=O) groups is 2. The minimum atomic E-state index is -0.0112. The third-order valence-corrected chi connectivity index (χ3v) is 3.97. The maximum absolute atomic E-state index is 12.4. The molecule has 6 heteroatoms. The van der Waals surface area contributed by atoms with Crippen molar-refractivity contribution in [2.75, 3.05) is 45.8 Å². The molecule has 0 aromatic heterocycles. The molecule has 0 aromatic carbocycles. The zero-order valence-corrected chi connectivity index (χ0v) is 12.4. The van der Waals surface area contributed by atoms with Crippen LogP contribution in [0, 0.1) is 0 Å². The normalized spacial score (nSPS) is 25.1. The van der Waals surface area contributed by atoms with Crippen LogP contribution in [0.5, 0.6) is 0 Å². The molecule has 2 fully saturated rings. The maximum Gasteiger partial charge on any atom is 0.236 e. The van der Waals surface area contributed by atoms with Gasteiger partial charge in [-0.25, -0.2) is 0 Å². The van der Waals surface area contributed by atoms with Gasteiger partial charge in [0.2, 0.25) is 11.8 Å². The summed E-state index contributed by atoms with van der Waals surface area (Å²) in [6.45, 7) is 7.45. The summed E-state index contributed by atoms with van der Waals surface area (Å²) in [5.74, 6) is 0.185. The molecule has 2 heterocycles. The van der Waals surface area contributed by atoms with Gasteiger partial charge in [0, 0.05) is 39.1 Å². The first-order valence-electron chi connectivity index (χ1n) is 7.63. The molecule has 2 aliphatic heterocycles. The Kier molecular flexibility index (Phi) is 5.79. The SMILES string of the molecule is CC(=O)NC1CCCN(C(=O)CN2CCCNCC2)C1. The first kappa shape index (κ1) is 15.3. The third-order valence-electron chi connectivity index (χ3n) is 3.97. The Labute approximate surface area is 120 Å². The molecule has 0 aromatic rings. The maximum atomic E-state index is 12.4. The van der Waals surface area contributed by atoms with Crippen molar-refractivity contribution in [1.82, 2.24) is 20.4 Å². The minimum absolute atomic E-state index is 0.0112. The van der Waals surface area contributed by atoms with Gasteiger partial charge >= 0.3 is 0 Å². The molecular formula is C14H26N4O2. The molecule has 20 heavy (non-hydrogen) atoms. The van der Waals surface area contributed by atoms with Gasteiger partial charge < -0.3 is 15.5 Å². The van der Waals surface area contributed by atoms with E-state index in [4.69, 9.17) is 0 Å². The Hall–Kier alpha value is -1.14. The van der Waals surface area contributed by atoms with Gasteiger partial charge in [0.1, 0.15) is 0 Å². The second-order valence-electron chi connectivity index (χ2n) is 5.76. The third kappa shape index (κ3) is 4.76. The van der Waals surface area contributed by atoms with E-state index in [1.54, 1.807) is 0 Å². The fourth-order valence-corrected chi connectivity index (χ4v) is 2.96. The molecule has 2 saturated heterocycles. The van der Waals surface area contributed by atoms with Gasteiger partial charge in [0.05, 0.1) is 6.54 Å². The zero-order valence-electron chi connectivity index (χ0n) is 12.4. The van der Waals surface area contributed by atoms with Crippen molar-refractivity contribution < 1.29 is 9.59 Å². The topological polar surface area (TPSA) is 64.7 Å². The lowest BCUT2D eigenvalue weighted by molar-refractivity contribution is -0.134. The van der Waals surface area contributed by atoms with Gasteiger partial charge in [-0.1, -0.05) is 0 Å². The van der Waals surface area contributed by atoms with Crippen LogP contribution in [0.4, 0.5) is 0 Å². The van der Waals surface area contributed by atoms with Gasteiger partial charge in [-0.05, 0) is 32.4 Å². The molecule has 2 aliphatic rings. The standard InChI is InChI=1S/C14H26N4O2/c1-12(19)16-13-4-2-8-18(10-13)14(20)11-17-7-3-5-15-6-9-17/h13,15H,2-11H2,1H3,(H,16,19). The first-order valence-corrected chi connectivity index (χ1v) is 7.63. The number of rotatable bonds is 3. The highest BCUT2D eigenvalue weighted by atomic mass is 16.2. The zero-order chi connectivity index (χ0) is 14.4. The van der Waals surface area contributed by atoms with Crippen molar-refractivity contribution in [2.45, 2.75) is 32.2 Å². The van der Waals surface area contributed by atoms with Crippen molar-refractivity contribution in [3.8, 4) is 0 Å². The highest BCUT2D eigenvalue weighted by molar-refractivity contribution is 5.78. The lowest BCUT2D eigenvalue weighted by Crippen LogP contribution is -2.51. The number of hydrogen-bond donors (Lipinski definition) is 2. The Morgan fingerprint density at radius 1 is 1.20 bits per heavy atom. The van der Waals surface area contributed by atoms with E-state index in [9.17, 15) is 9.59 Å². The number of nitrogens with one attached hydrogen (secondary N) is 2. The van der Waals surface area contributed by atoms with Crippen molar-refractivity contribution in [1.29, 1.82) is 0 Å². The highest BCUT2D eigenvalue weighted by Crippen LogP contribution is 2.11. The van der Waals surface area contributed by atoms with E-state index in [-0.39, 0.29) is 17.9 Å². The predicted molar refractivity (Wildman–Crippen MR) is 77.3 cm³/mol. The van der Waals surface area contributed by atoms with Crippen LogP contribution in [0.3, 0.4) is 0 Å². The summed E-state index contributed by atoms with van der Waals surface area (Å²) in [7, 11) is 0. The molecule has 114 valence electrons. The lowest BCUT2D eigenvalue weighted by atomic mass is 10.1. The van der Waals surface area contributed by atoms with E-state index in [0.29, 0.717) is 13.1 Å². The van der Waals surface area contributed by atoms with Crippen LogP contribution in [0.2, 0.25) is 0 Å². The van der Waals surface area contributed by atoms with Crippen LogP contribution < -0.4 is 10.6 Å². The molecular weight excluding hydrogens is 256 g/mol. The molecule has 2 rings (SSSR count). The smallest absolute Gasteiger partial charge is 0.236 e. The molecule has 1 unspecified atom stereocenters. The number of likely N-dealkylation sites (tertiary alicyclic amines) is 1. The second-order valence-corrected chi connectivity index (χ2v) is 5.76. The van der Waals surface area contributed by atoms with Crippen LogP contribution in [-0.4, -0.2) is 73.5 Å². The molecule has 0 aliphatic carbocycles. The first-order chi connectivity index (χ1) is 9.65. The van der Waals surface area contributed by atoms with E-state index in [1.807, 2.05) is 4.90 Å². The summed E-state index contributed by atoms with van der Waals surface area (Å²) >= 11 is 0. The molecule has 0 spiro atoms. The summed E-state index contributed by atoms with van der Waals surface area (Å²) in [6, 6.07) is 0.121. The van der Waals surface area contributed by atoms with Crippen molar-refractivity contribution in [2.24, 2.45) is 0 Å². The summed E-state index contributed by atoms with van der Waals surface area (Å²) in [5, 5.41) is 6.27. The quantitative estimate of drug-likeness (QED) is 0.726. The van der Waals surface area contributed by atoms with E-state index < -0.39 is 0 Å². The second kappa shape index (κ2) is 7.59.